The van der Waals surface area contributed by atoms with Crippen molar-refractivity contribution in [2.75, 3.05) is 26.9 Å². The number of methoxy groups -OCH3 is 1. The van der Waals surface area contributed by atoms with Gasteiger partial charge in [-0.15, -0.1) is 11.6 Å². The van der Waals surface area contributed by atoms with Crippen LogP contribution in [0.1, 0.15) is 76.6 Å². The molecule has 0 aliphatic heterocycles. The van der Waals surface area contributed by atoms with E-state index < -0.39 is 51.3 Å². The predicted octanol–water partition coefficient (Wildman–Crippen LogP) is 5.62. The summed E-state index contributed by atoms with van der Waals surface area (Å²) in [5.74, 6) is -1.19. The van der Waals surface area contributed by atoms with Gasteiger partial charge in [-0.3, -0.25) is 24.8 Å². The van der Waals surface area contributed by atoms with Crippen LogP contribution >= 0.6 is 11.6 Å². The highest BCUT2D eigenvalue weighted by Crippen LogP contribution is 2.73. The van der Waals surface area contributed by atoms with Gasteiger partial charge in [-0.25, -0.2) is 9.59 Å². The van der Waals surface area contributed by atoms with Crippen LogP contribution in [0, 0.1) is 34.0 Å². The standard InChI is InChI=1S/C36H46ClNO12/c1-21-16-26-25-10-9-23-18-24(39)12-13-33(23,2)36(25,37)29(40)19-34(26,3)35(21,4)30(41)20-48-32(43)50-27-11-8-22(17-28(27)46-5)31(42)47-14-6-7-15-49-38(44)45/h8,11-13,17-18,21,25-26,29,40,44-45H,6-7,9-10,14-16,19-20H2,1-5H3/t21-,25?,26?,29-,33-,34-,35+,36-/m0/s1. The molecule has 0 saturated heterocycles. The Hall–Kier alpha value is -3.33. The number of Topliss-reactive ketones (excluding diaryl/α,β-unsaturated/α-hetero) is 1. The number of hydrogen-bond donors (Lipinski definition) is 3. The van der Waals surface area contributed by atoms with E-state index in [4.69, 9.17) is 41.0 Å². The zero-order valence-electron chi connectivity index (χ0n) is 29.0. The molecule has 0 aromatic heterocycles. The number of carbonyl (C=O) groups excluding carboxylic acids is 4. The number of ether oxygens (including phenoxy) is 4. The van der Waals surface area contributed by atoms with Gasteiger partial charge in [0.25, 0.3) is 0 Å². The molecule has 0 heterocycles. The second-order valence-corrected chi connectivity index (χ2v) is 15.1. The number of rotatable bonds is 12. The Morgan fingerprint density at radius 3 is 2.46 bits per heavy atom. The fourth-order valence-corrected chi connectivity index (χ4v) is 9.76. The molecule has 13 nitrogen and oxygen atoms in total. The van der Waals surface area contributed by atoms with Crippen molar-refractivity contribution >= 4 is 35.3 Å². The molecule has 2 unspecified atom stereocenters. The zero-order valence-corrected chi connectivity index (χ0v) is 29.7. The number of carbonyl (C=O) groups is 4. The Balaban J connectivity index is 1.22. The normalized spacial score (nSPS) is 34.3. The van der Waals surface area contributed by atoms with Gasteiger partial charge in [0, 0.05) is 10.8 Å². The SMILES string of the molecule is COc1cc(C(=O)OCCCCON(O)O)ccc1OC(=O)OCC(=O)[C@@]1(C)[C@@H](C)CC2C3CCC4=CC(=O)C=C[C@]4(C)[C@@]3(Cl)[C@@H](O)C[C@@]21C. The Labute approximate surface area is 295 Å². The van der Waals surface area contributed by atoms with E-state index in [2.05, 4.69) is 4.84 Å². The van der Waals surface area contributed by atoms with Gasteiger partial charge in [0.2, 0.25) is 0 Å². The van der Waals surface area contributed by atoms with E-state index >= 15 is 0 Å². The third-order valence-electron chi connectivity index (χ3n) is 12.3. The van der Waals surface area contributed by atoms with E-state index in [1.165, 1.54) is 31.4 Å². The molecule has 1 aromatic carbocycles. The molecule has 14 heteroatoms. The summed E-state index contributed by atoms with van der Waals surface area (Å²) >= 11 is 7.54. The molecule has 3 saturated carbocycles. The fourth-order valence-electron chi connectivity index (χ4n) is 9.24. The first kappa shape index (κ1) is 37.9. The van der Waals surface area contributed by atoms with Gasteiger partial charge >= 0.3 is 12.1 Å². The van der Waals surface area contributed by atoms with Gasteiger partial charge in [0.15, 0.2) is 29.7 Å². The number of alkyl halides is 1. The molecule has 0 bridgehead atoms. The van der Waals surface area contributed by atoms with E-state index in [0.29, 0.717) is 32.1 Å². The van der Waals surface area contributed by atoms with Crippen molar-refractivity contribution in [1.29, 1.82) is 0 Å². The molecule has 3 N–H and O–H groups in total. The lowest BCUT2D eigenvalue weighted by molar-refractivity contribution is -0.492. The monoisotopic (exact) mass is 719 g/mol. The largest absolute Gasteiger partial charge is 0.514 e. The summed E-state index contributed by atoms with van der Waals surface area (Å²) in [7, 11) is 1.33. The summed E-state index contributed by atoms with van der Waals surface area (Å²) in [6, 6.07) is 4.07. The second kappa shape index (κ2) is 14.4. The molecular weight excluding hydrogens is 674 g/mol. The van der Waals surface area contributed by atoms with E-state index in [1.807, 2.05) is 33.8 Å². The van der Waals surface area contributed by atoms with Gasteiger partial charge in [-0.1, -0.05) is 39.3 Å². The molecule has 0 radical (unpaired) electrons. The third-order valence-corrected chi connectivity index (χ3v) is 13.2. The quantitative estimate of drug-likeness (QED) is 0.0798. The number of ketones is 2. The fraction of sp³-hybridized carbons (Fsp3) is 0.611. The lowest BCUT2D eigenvalue weighted by Gasteiger charge is -2.64. The minimum absolute atomic E-state index is 0.00525. The van der Waals surface area contributed by atoms with Crippen LogP contribution in [0.25, 0.3) is 0 Å². The van der Waals surface area contributed by atoms with Crippen LogP contribution in [-0.2, 0) is 23.9 Å². The minimum atomic E-state index is -1.13. The molecule has 4 aliphatic carbocycles. The van der Waals surface area contributed by atoms with Crippen LogP contribution in [0.4, 0.5) is 4.79 Å². The molecule has 1 aromatic rings. The van der Waals surface area contributed by atoms with Gasteiger partial charge in [0.05, 0.1) is 42.3 Å². The average molecular weight is 720 g/mol. The number of halogens is 1. The number of allylic oxidation sites excluding steroid dienone is 4. The highest BCUT2D eigenvalue weighted by molar-refractivity contribution is 6.26. The molecule has 274 valence electrons. The number of aliphatic hydroxyl groups excluding tert-OH is 1. The van der Waals surface area contributed by atoms with E-state index in [9.17, 15) is 24.3 Å². The molecule has 5 rings (SSSR count). The van der Waals surface area contributed by atoms with Crippen LogP contribution in [0.5, 0.6) is 11.5 Å². The van der Waals surface area contributed by atoms with Crippen molar-refractivity contribution in [1.82, 2.24) is 5.39 Å². The first-order valence-electron chi connectivity index (χ1n) is 16.9. The molecule has 50 heavy (non-hydrogen) atoms. The average Bonchev–Trinajstić information content (AvgIpc) is 3.27. The first-order chi connectivity index (χ1) is 23.5. The van der Waals surface area contributed by atoms with E-state index in [0.717, 1.165) is 5.57 Å². The van der Waals surface area contributed by atoms with Crippen molar-refractivity contribution in [3.63, 3.8) is 0 Å². The second-order valence-electron chi connectivity index (χ2n) is 14.5. The maximum absolute atomic E-state index is 14.1. The van der Waals surface area contributed by atoms with Crippen LogP contribution < -0.4 is 9.47 Å². The number of nitrogens with zero attached hydrogens (tertiary/aromatic N) is 1. The van der Waals surface area contributed by atoms with Crippen LogP contribution in [-0.4, -0.2) is 82.5 Å². The maximum Gasteiger partial charge on any atom is 0.514 e. The number of benzene rings is 1. The predicted molar refractivity (Wildman–Crippen MR) is 177 cm³/mol. The summed E-state index contributed by atoms with van der Waals surface area (Å²) in [5.41, 5.74) is -1.23. The minimum Gasteiger partial charge on any atom is -0.493 e. The number of fused-ring (bicyclic) bond motifs is 5. The van der Waals surface area contributed by atoms with Gasteiger partial charge < -0.3 is 24.1 Å². The highest BCUT2D eigenvalue weighted by Gasteiger charge is 2.73. The van der Waals surface area contributed by atoms with Crippen molar-refractivity contribution in [3.8, 4) is 11.5 Å². The van der Waals surface area contributed by atoms with Crippen molar-refractivity contribution in [2.24, 2.45) is 34.0 Å². The molecular formula is C36H46ClNO12. The topological polar surface area (TPSA) is 178 Å². The number of esters is 1. The Morgan fingerprint density at radius 2 is 1.76 bits per heavy atom. The van der Waals surface area contributed by atoms with Gasteiger partial charge in [0.1, 0.15) is 0 Å². The van der Waals surface area contributed by atoms with Crippen molar-refractivity contribution in [2.45, 2.75) is 77.2 Å². The summed E-state index contributed by atoms with van der Waals surface area (Å²) in [5, 5.41) is 28.5. The molecule has 3 fully saturated rings. The first-order valence-corrected chi connectivity index (χ1v) is 17.3. The molecule has 4 aliphatic rings. The zero-order chi connectivity index (χ0) is 36.6. The van der Waals surface area contributed by atoms with Gasteiger partial charge in [-0.2, -0.15) is 0 Å². The maximum atomic E-state index is 14.1. The number of hydrogen-bond acceptors (Lipinski definition) is 13. The van der Waals surface area contributed by atoms with Crippen LogP contribution in [0.2, 0.25) is 0 Å². The molecule has 0 spiro atoms. The van der Waals surface area contributed by atoms with Gasteiger partial charge in [-0.05, 0) is 92.0 Å². The van der Waals surface area contributed by atoms with E-state index in [-0.39, 0.29) is 66.0 Å². The Kier molecular flexibility index (Phi) is 10.9. The molecule has 0 amide bonds. The lowest BCUT2D eigenvalue weighted by atomic mass is 9.44. The van der Waals surface area contributed by atoms with Crippen LogP contribution in [0.3, 0.4) is 0 Å². The third kappa shape index (κ3) is 6.37. The van der Waals surface area contributed by atoms with Crippen molar-refractivity contribution in [3.05, 3.63) is 47.6 Å². The molecule has 8 atom stereocenters. The number of unbranched alkanes of at least 4 members (excludes halogenated alkanes) is 1. The summed E-state index contributed by atoms with van der Waals surface area (Å²) < 4.78 is 21.2. The summed E-state index contributed by atoms with van der Waals surface area (Å²) in [6.45, 7) is 7.47. The Bertz CT molecular complexity index is 1580. The summed E-state index contributed by atoms with van der Waals surface area (Å²) in [6.07, 6.45) is 6.09. The van der Waals surface area contributed by atoms with E-state index in [1.54, 1.807) is 6.08 Å². The smallest absolute Gasteiger partial charge is 0.493 e. The van der Waals surface area contributed by atoms with Crippen LogP contribution in [0.15, 0.2) is 42.0 Å². The highest BCUT2D eigenvalue weighted by atomic mass is 35.5. The number of aliphatic hydroxyl groups is 1. The Morgan fingerprint density at radius 1 is 1.04 bits per heavy atom. The lowest BCUT2D eigenvalue weighted by Crippen LogP contribution is -2.67. The van der Waals surface area contributed by atoms with Crippen molar-refractivity contribution < 1.29 is 58.5 Å². The summed E-state index contributed by atoms with van der Waals surface area (Å²) in [4.78, 5) is 55.0.